The number of nitrogens with zero attached hydrogens (tertiary/aromatic N) is 1. The van der Waals surface area contributed by atoms with Crippen LogP contribution in [0, 0.1) is 5.92 Å². The molecule has 1 aromatic rings. The second-order valence-electron chi connectivity index (χ2n) is 9.55. The van der Waals surface area contributed by atoms with Crippen LogP contribution in [0.5, 0.6) is 11.5 Å². The van der Waals surface area contributed by atoms with Gasteiger partial charge in [-0.25, -0.2) is 4.99 Å². The van der Waals surface area contributed by atoms with Gasteiger partial charge in [0, 0.05) is 36.8 Å². The van der Waals surface area contributed by atoms with Crippen LogP contribution in [0.1, 0.15) is 76.8 Å². The Labute approximate surface area is 189 Å². The van der Waals surface area contributed by atoms with Crippen molar-refractivity contribution >= 4 is 29.1 Å². The fraction of sp³-hybridized carbons (Fsp3) is 0.625. The Hall–Kier alpha value is -2.24. The molecule has 0 spiro atoms. The number of aliphatic imine (C=N–C) groups is 1. The molecule has 3 rings (SSSR count). The van der Waals surface area contributed by atoms with E-state index in [1.165, 1.54) is 0 Å². The lowest BCUT2D eigenvalue weighted by atomic mass is 9.66. The Balaban J connectivity index is 1.82. The van der Waals surface area contributed by atoms with E-state index in [1.54, 1.807) is 19.9 Å². The maximum absolute atomic E-state index is 12.8. The SMILES string of the molecule is CC(C)(C(=O)OCCCCN=C=S)c1cc(O)c2c(c1)OC(C)(C)[C@@H]1CCC(=O)C[C@@H]21. The third-order valence-corrected chi connectivity index (χ3v) is 6.75. The van der Waals surface area contributed by atoms with E-state index in [0.29, 0.717) is 49.3 Å². The predicted molar refractivity (Wildman–Crippen MR) is 121 cm³/mol. The summed E-state index contributed by atoms with van der Waals surface area (Å²) >= 11 is 4.53. The van der Waals surface area contributed by atoms with Crippen LogP contribution >= 0.6 is 12.2 Å². The number of ether oxygens (including phenoxy) is 2. The van der Waals surface area contributed by atoms with E-state index >= 15 is 0 Å². The first-order valence-electron chi connectivity index (χ1n) is 10.9. The van der Waals surface area contributed by atoms with Crippen molar-refractivity contribution in [2.75, 3.05) is 13.2 Å². The lowest BCUT2D eigenvalue weighted by molar-refractivity contribution is -0.149. The molecule has 2 aliphatic rings. The standard InChI is InChI=1S/C24H31NO5S/c1-23(2,22(28)29-10-6-5-9-25-14-31)15-11-19(27)21-17-13-16(26)7-8-18(17)24(3,4)30-20(21)12-15/h11-12,17-18,27H,5-10,13H2,1-4H3/t17-,18-/m1/s1. The summed E-state index contributed by atoms with van der Waals surface area (Å²) in [4.78, 5) is 28.8. The molecule has 1 aromatic carbocycles. The fourth-order valence-corrected chi connectivity index (χ4v) is 4.82. The number of hydrogen-bond acceptors (Lipinski definition) is 7. The lowest BCUT2D eigenvalue weighted by Crippen LogP contribution is -2.47. The zero-order chi connectivity index (χ0) is 22.8. The zero-order valence-corrected chi connectivity index (χ0v) is 19.5. The van der Waals surface area contributed by atoms with E-state index in [2.05, 4.69) is 22.4 Å². The number of ketones is 1. The van der Waals surface area contributed by atoms with Gasteiger partial charge in [0.1, 0.15) is 22.9 Å². The van der Waals surface area contributed by atoms with Gasteiger partial charge in [0.2, 0.25) is 0 Å². The van der Waals surface area contributed by atoms with E-state index in [4.69, 9.17) is 9.47 Å². The Kier molecular flexibility index (Phi) is 6.87. The Morgan fingerprint density at radius 3 is 2.84 bits per heavy atom. The Bertz CT molecular complexity index is 917. The number of aromatic hydroxyl groups is 1. The number of esters is 1. The third kappa shape index (κ3) is 4.83. The molecule has 6 nitrogen and oxygen atoms in total. The molecule has 1 saturated carbocycles. The minimum Gasteiger partial charge on any atom is -0.508 e. The van der Waals surface area contributed by atoms with Crippen molar-refractivity contribution in [1.82, 2.24) is 0 Å². The molecule has 0 unspecified atom stereocenters. The van der Waals surface area contributed by atoms with E-state index in [1.807, 2.05) is 19.9 Å². The topological polar surface area (TPSA) is 85.2 Å². The van der Waals surface area contributed by atoms with Crippen molar-refractivity contribution in [2.24, 2.45) is 10.9 Å². The number of isothiocyanates is 1. The number of rotatable bonds is 7. The van der Waals surface area contributed by atoms with Crippen LogP contribution in [0.4, 0.5) is 0 Å². The summed E-state index contributed by atoms with van der Waals surface area (Å²) in [6, 6.07) is 3.44. The highest BCUT2D eigenvalue weighted by Crippen LogP contribution is 2.54. The molecule has 1 aliphatic heterocycles. The van der Waals surface area contributed by atoms with Crippen LogP contribution in [-0.2, 0) is 19.7 Å². The number of phenolic OH excluding ortho intramolecular Hbond substituents is 1. The number of unbranched alkanes of at least 4 members (excludes halogenated alkanes) is 1. The first-order valence-corrected chi connectivity index (χ1v) is 11.3. The lowest BCUT2D eigenvalue weighted by Gasteiger charge is -2.47. The molecular weight excluding hydrogens is 414 g/mol. The van der Waals surface area contributed by atoms with Gasteiger partial charge in [0.05, 0.1) is 17.2 Å². The van der Waals surface area contributed by atoms with Gasteiger partial charge in [0.15, 0.2) is 0 Å². The molecule has 0 saturated heterocycles. The highest BCUT2D eigenvalue weighted by Gasteiger charge is 2.48. The van der Waals surface area contributed by atoms with Crippen molar-refractivity contribution in [2.45, 2.75) is 76.7 Å². The summed E-state index contributed by atoms with van der Waals surface area (Å²) in [6.07, 6.45) is 3.17. The summed E-state index contributed by atoms with van der Waals surface area (Å²) < 4.78 is 11.8. The molecule has 1 fully saturated rings. The van der Waals surface area contributed by atoms with Crippen molar-refractivity contribution in [1.29, 1.82) is 0 Å². The fourth-order valence-electron chi connectivity index (χ4n) is 4.73. The van der Waals surface area contributed by atoms with Crippen molar-refractivity contribution in [3.63, 3.8) is 0 Å². The first kappa shape index (κ1) is 23.4. The summed E-state index contributed by atoms with van der Waals surface area (Å²) in [5.74, 6) is 0.565. The van der Waals surface area contributed by atoms with Crippen LogP contribution < -0.4 is 4.74 Å². The number of carbonyl (C=O) groups is 2. The van der Waals surface area contributed by atoms with E-state index in [9.17, 15) is 14.7 Å². The van der Waals surface area contributed by atoms with E-state index < -0.39 is 11.0 Å². The van der Waals surface area contributed by atoms with E-state index in [-0.39, 0.29) is 29.3 Å². The molecule has 1 aliphatic carbocycles. The minimum absolute atomic E-state index is 0.0702. The number of phenols is 1. The van der Waals surface area contributed by atoms with Gasteiger partial charge in [-0.05, 0) is 76.9 Å². The molecule has 2 atom stereocenters. The van der Waals surface area contributed by atoms with Gasteiger partial charge in [-0.2, -0.15) is 0 Å². The van der Waals surface area contributed by atoms with Crippen molar-refractivity contribution in [3.8, 4) is 11.5 Å². The van der Waals surface area contributed by atoms with Crippen LogP contribution in [-0.4, -0.2) is 40.8 Å². The third-order valence-electron chi connectivity index (χ3n) is 6.62. The minimum atomic E-state index is -0.966. The van der Waals surface area contributed by atoms with Gasteiger partial charge < -0.3 is 14.6 Å². The summed E-state index contributed by atoms with van der Waals surface area (Å²) in [5, 5.41) is 13.2. The quantitative estimate of drug-likeness (QED) is 0.283. The second-order valence-corrected chi connectivity index (χ2v) is 9.73. The highest BCUT2D eigenvalue weighted by atomic mass is 32.1. The van der Waals surface area contributed by atoms with Crippen LogP contribution in [0.25, 0.3) is 0 Å². The monoisotopic (exact) mass is 445 g/mol. The van der Waals surface area contributed by atoms with Crippen molar-refractivity contribution < 1.29 is 24.2 Å². The molecule has 0 aromatic heterocycles. The Morgan fingerprint density at radius 2 is 2.13 bits per heavy atom. The summed E-state index contributed by atoms with van der Waals surface area (Å²) in [7, 11) is 0. The van der Waals surface area contributed by atoms with Crippen LogP contribution in [0.3, 0.4) is 0 Å². The van der Waals surface area contributed by atoms with Gasteiger partial charge in [-0.3, -0.25) is 9.59 Å². The largest absolute Gasteiger partial charge is 0.508 e. The van der Waals surface area contributed by atoms with Crippen molar-refractivity contribution in [3.05, 3.63) is 23.3 Å². The molecule has 31 heavy (non-hydrogen) atoms. The Morgan fingerprint density at radius 1 is 1.39 bits per heavy atom. The maximum Gasteiger partial charge on any atom is 0.315 e. The first-order chi connectivity index (χ1) is 14.6. The molecule has 168 valence electrons. The van der Waals surface area contributed by atoms with E-state index in [0.717, 1.165) is 12.8 Å². The normalized spacial score (nSPS) is 21.9. The molecule has 0 amide bonds. The average molecular weight is 446 g/mol. The zero-order valence-electron chi connectivity index (χ0n) is 18.7. The maximum atomic E-state index is 12.8. The molecular formula is C24H31NO5S. The molecule has 0 radical (unpaired) electrons. The predicted octanol–water partition coefficient (Wildman–Crippen LogP) is 4.72. The van der Waals surface area contributed by atoms with Gasteiger partial charge in [0.25, 0.3) is 0 Å². The van der Waals surface area contributed by atoms with Crippen LogP contribution in [0.15, 0.2) is 17.1 Å². The smallest absolute Gasteiger partial charge is 0.315 e. The average Bonchev–Trinajstić information content (AvgIpc) is 2.69. The number of thiocarbonyl (C=S) groups is 1. The van der Waals surface area contributed by atoms with Gasteiger partial charge in [-0.1, -0.05) is 0 Å². The number of hydrogen-bond donors (Lipinski definition) is 1. The summed E-state index contributed by atoms with van der Waals surface area (Å²) in [5.41, 5.74) is -0.120. The molecule has 1 heterocycles. The van der Waals surface area contributed by atoms with Gasteiger partial charge >= 0.3 is 5.97 Å². The number of fused-ring (bicyclic) bond motifs is 3. The highest BCUT2D eigenvalue weighted by molar-refractivity contribution is 7.78. The van der Waals surface area contributed by atoms with Crippen LogP contribution in [0.2, 0.25) is 0 Å². The number of benzene rings is 1. The molecule has 0 bridgehead atoms. The number of Topliss-reactive ketones (excluding diaryl/α,β-unsaturated/α-hetero) is 1. The molecule has 1 N–H and O–H groups in total. The van der Waals surface area contributed by atoms with Gasteiger partial charge in [-0.15, -0.1) is 0 Å². The summed E-state index contributed by atoms with van der Waals surface area (Å²) in [6.45, 7) is 8.46. The molecule has 7 heteroatoms. The number of carbonyl (C=O) groups excluding carboxylic acids is 2. The second kappa shape index (κ2) is 9.09.